The number of benzene rings is 6. The molecule has 0 heterocycles. The van der Waals surface area contributed by atoms with Gasteiger partial charge in [-0.15, -0.1) is 0 Å². The molecule has 0 aromatic heterocycles. The first-order valence-electron chi connectivity index (χ1n) is 29.3. The molecule has 0 radical (unpaired) electrons. The third kappa shape index (κ3) is 21.9. The SMILES string of the molecule is CCCCCCCCCCCCCCOc1ccc(C(=O)Oc2ccc(C(=O)Oc3ccc(-c4cccc(OC(=O)c5ccc(OC(=O)c6ccc(OCCCCCCCCCCCCCC)cc6O)cc5)c4)cc3)cc2)c(O)c1. The highest BCUT2D eigenvalue weighted by molar-refractivity contribution is 5.96. The summed E-state index contributed by atoms with van der Waals surface area (Å²) in [5.74, 6) is -1.37. The van der Waals surface area contributed by atoms with Crippen molar-refractivity contribution in [2.24, 2.45) is 0 Å². The van der Waals surface area contributed by atoms with Crippen LogP contribution in [-0.2, 0) is 0 Å². The van der Waals surface area contributed by atoms with E-state index >= 15 is 0 Å². The number of aromatic hydroxyl groups is 2. The molecule has 0 unspecified atom stereocenters. The Morgan fingerprint density at radius 2 is 0.637 bits per heavy atom. The predicted octanol–water partition coefficient (Wildman–Crippen LogP) is 17.8. The molecular formula is C68H82O12. The maximum Gasteiger partial charge on any atom is 0.347 e. The molecule has 0 amide bonds. The first-order chi connectivity index (χ1) is 39.1. The average Bonchev–Trinajstić information content (AvgIpc) is 3.46. The van der Waals surface area contributed by atoms with Gasteiger partial charge in [0.1, 0.15) is 57.1 Å². The molecule has 12 heteroatoms. The fraction of sp³-hybridized carbons (Fsp3) is 0.412. The first kappa shape index (κ1) is 61.6. The molecule has 6 aromatic rings. The molecule has 426 valence electrons. The topological polar surface area (TPSA) is 164 Å². The fourth-order valence-corrected chi connectivity index (χ4v) is 9.24. The third-order valence-corrected chi connectivity index (χ3v) is 14.0. The van der Waals surface area contributed by atoms with Crippen LogP contribution < -0.4 is 28.4 Å². The summed E-state index contributed by atoms with van der Waals surface area (Å²) < 4.78 is 33.9. The van der Waals surface area contributed by atoms with Gasteiger partial charge in [-0.2, -0.15) is 0 Å². The van der Waals surface area contributed by atoms with Crippen molar-refractivity contribution in [3.63, 3.8) is 0 Å². The van der Waals surface area contributed by atoms with E-state index < -0.39 is 23.9 Å². The van der Waals surface area contributed by atoms with Crippen LogP contribution in [-0.4, -0.2) is 47.3 Å². The highest BCUT2D eigenvalue weighted by atomic mass is 16.5. The average molecular weight is 1090 g/mol. The molecule has 0 aliphatic heterocycles. The number of ether oxygens (including phenoxy) is 6. The predicted molar refractivity (Wildman–Crippen MR) is 314 cm³/mol. The second kappa shape index (κ2) is 35.1. The Morgan fingerprint density at radius 3 is 1.01 bits per heavy atom. The van der Waals surface area contributed by atoms with Crippen molar-refractivity contribution in [3.05, 3.63) is 156 Å². The summed E-state index contributed by atoms with van der Waals surface area (Å²) in [6.45, 7) is 5.55. The summed E-state index contributed by atoms with van der Waals surface area (Å²) in [6, 6.07) is 34.6. The smallest absolute Gasteiger partial charge is 0.347 e. The molecule has 0 spiro atoms. The van der Waals surface area contributed by atoms with Crippen LogP contribution in [0.3, 0.4) is 0 Å². The minimum absolute atomic E-state index is 0.0151. The number of rotatable bonds is 37. The number of hydrogen-bond donors (Lipinski definition) is 2. The highest BCUT2D eigenvalue weighted by Gasteiger charge is 2.18. The van der Waals surface area contributed by atoms with E-state index in [1.54, 1.807) is 54.6 Å². The minimum atomic E-state index is -0.757. The molecular weight excluding hydrogens is 1010 g/mol. The number of carbonyl (C=O) groups excluding carboxylic acids is 4. The van der Waals surface area contributed by atoms with Crippen LogP contribution in [0.25, 0.3) is 11.1 Å². The normalized spacial score (nSPS) is 11.0. The Kier molecular flexibility index (Phi) is 27.0. The van der Waals surface area contributed by atoms with Crippen molar-refractivity contribution in [2.45, 2.75) is 168 Å². The van der Waals surface area contributed by atoms with Crippen molar-refractivity contribution in [2.75, 3.05) is 13.2 Å². The molecule has 0 fully saturated rings. The van der Waals surface area contributed by atoms with Gasteiger partial charge in [0.2, 0.25) is 0 Å². The van der Waals surface area contributed by atoms with Gasteiger partial charge >= 0.3 is 23.9 Å². The lowest BCUT2D eigenvalue weighted by atomic mass is 10.1. The van der Waals surface area contributed by atoms with Gasteiger partial charge in [-0.3, -0.25) is 0 Å². The van der Waals surface area contributed by atoms with Crippen LogP contribution in [0.5, 0.6) is 46.0 Å². The van der Waals surface area contributed by atoms with E-state index in [1.165, 1.54) is 201 Å². The largest absolute Gasteiger partial charge is 0.507 e. The number of unbranched alkanes of at least 4 members (excludes halogenated alkanes) is 22. The van der Waals surface area contributed by atoms with Crippen LogP contribution in [0.4, 0.5) is 0 Å². The summed E-state index contributed by atoms with van der Waals surface area (Å²) in [5.41, 5.74) is 1.93. The van der Waals surface area contributed by atoms with E-state index in [1.807, 2.05) is 6.07 Å². The van der Waals surface area contributed by atoms with Crippen LogP contribution in [0, 0.1) is 0 Å². The van der Waals surface area contributed by atoms with Gasteiger partial charge in [0.05, 0.1) is 24.3 Å². The molecule has 0 saturated carbocycles. The molecule has 0 aliphatic rings. The van der Waals surface area contributed by atoms with Gasteiger partial charge < -0.3 is 38.6 Å². The monoisotopic (exact) mass is 1090 g/mol. The number of esters is 4. The van der Waals surface area contributed by atoms with Gasteiger partial charge in [0.15, 0.2) is 0 Å². The zero-order valence-electron chi connectivity index (χ0n) is 47.1. The second-order valence-electron chi connectivity index (χ2n) is 20.5. The third-order valence-electron chi connectivity index (χ3n) is 14.0. The zero-order valence-corrected chi connectivity index (χ0v) is 47.1. The Bertz CT molecular complexity index is 2800. The van der Waals surface area contributed by atoms with Crippen LogP contribution in [0.1, 0.15) is 209 Å². The lowest BCUT2D eigenvalue weighted by molar-refractivity contribution is 0.0718. The summed E-state index contributed by atoms with van der Waals surface area (Å²) in [4.78, 5) is 52.1. The van der Waals surface area contributed by atoms with Crippen molar-refractivity contribution < 1.29 is 57.8 Å². The van der Waals surface area contributed by atoms with E-state index in [9.17, 15) is 29.4 Å². The lowest BCUT2D eigenvalue weighted by Gasteiger charge is -2.10. The van der Waals surface area contributed by atoms with E-state index in [2.05, 4.69) is 13.8 Å². The molecule has 80 heavy (non-hydrogen) atoms. The summed E-state index contributed by atoms with van der Waals surface area (Å²) in [7, 11) is 0. The fourth-order valence-electron chi connectivity index (χ4n) is 9.24. The second-order valence-corrected chi connectivity index (χ2v) is 20.5. The zero-order chi connectivity index (χ0) is 56.6. The molecule has 6 aromatic carbocycles. The molecule has 0 bridgehead atoms. The Hall–Kier alpha value is -7.60. The number of hydrogen-bond acceptors (Lipinski definition) is 12. The van der Waals surface area contributed by atoms with Crippen LogP contribution in [0.15, 0.2) is 133 Å². The molecule has 0 saturated heterocycles. The highest BCUT2D eigenvalue weighted by Crippen LogP contribution is 2.30. The summed E-state index contributed by atoms with van der Waals surface area (Å²) in [6.07, 6.45) is 30.1. The Labute approximate surface area is 473 Å². The van der Waals surface area contributed by atoms with Gasteiger partial charge in [-0.1, -0.05) is 179 Å². The maximum atomic E-state index is 13.1. The van der Waals surface area contributed by atoms with E-state index in [0.717, 1.165) is 36.8 Å². The lowest BCUT2D eigenvalue weighted by Crippen LogP contribution is -2.10. The van der Waals surface area contributed by atoms with E-state index in [0.29, 0.717) is 36.2 Å². The summed E-state index contributed by atoms with van der Waals surface area (Å²) >= 11 is 0. The number of phenols is 2. The summed E-state index contributed by atoms with van der Waals surface area (Å²) in [5, 5.41) is 21.2. The maximum absolute atomic E-state index is 13.1. The first-order valence-corrected chi connectivity index (χ1v) is 29.3. The molecule has 12 nitrogen and oxygen atoms in total. The van der Waals surface area contributed by atoms with Gasteiger partial charge in [-0.05, 0) is 121 Å². The Balaban J connectivity index is 0.870. The van der Waals surface area contributed by atoms with Crippen LogP contribution >= 0.6 is 0 Å². The molecule has 0 aliphatic carbocycles. The minimum Gasteiger partial charge on any atom is -0.507 e. The molecule has 6 rings (SSSR count). The standard InChI is InChI=1S/C68H82O12/c1-3-5-7-9-11-13-15-17-19-21-23-25-46-75-58-42-44-61(63(69)49-58)67(73)78-56-38-32-52(33-39-56)65(71)77-55-36-30-51(31-37-55)54-28-27-29-60(48-54)80-66(72)53-34-40-57(41-35-53)79-68(74)62-45-43-59(50-64(62)70)76-47-26-24-22-20-18-16-14-12-10-8-6-4-2/h27-45,48-50,69-70H,3-26,46-47H2,1-2H3. The van der Waals surface area contributed by atoms with E-state index in [4.69, 9.17) is 28.4 Å². The van der Waals surface area contributed by atoms with Gasteiger partial charge in [0, 0.05) is 12.1 Å². The quantitative estimate of drug-likeness (QED) is 0.0216. The number of phenolic OH excluding ortho intramolecular Hbond substituents is 2. The molecule has 0 atom stereocenters. The van der Waals surface area contributed by atoms with Crippen molar-refractivity contribution >= 4 is 23.9 Å². The van der Waals surface area contributed by atoms with Crippen molar-refractivity contribution in [1.29, 1.82) is 0 Å². The number of carbonyl (C=O) groups is 4. The van der Waals surface area contributed by atoms with Crippen molar-refractivity contribution in [1.82, 2.24) is 0 Å². The van der Waals surface area contributed by atoms with Gasteiger partial charge in [0.25, 0.3) is 0 Å². The molecule has 2 N–H and O–H groups in total. The van der Waals surface area contributed by atoms with Crippen molar-refractivity contribution in [3.8, 4) is 57.1 Å². The Morgan fingerprint density at radius 1 is 0.312 bits per heavy atom. The van der Waals surface area contributed by atoms with Gasteiger partial charge in [-0.25, -0.2) is 19.2 Å². The van der Waals surface area contributed by atoms with Crippen LogP contribution in [0.2, 0.25) is 0 Å². The van der Waals surface area contributed by atoms with E-state index in [-0.39, 0.29) is 45.3 Å².